The van der Waals surface area contributed by atoms with Crippen molar-refractivity contribution >= 4 is 23.4 Å². The number of carboxylic acid groups (broad SMARTS) is 1. The molecule has 1 heterocycles. The number of carbonyl (C=O) groups excluding carboxylic acids is 1. The molecule has 0 fully saturated rings. The molecule has 0 unspecified atom stereocenters. The van der Waals surface area contributed by atoms with E-state index in [1.165, 1.54) is 25.1 Å². The van der Waals surface area contributed by atoms with E-state index in [9.17, 15) is 22.8 Å². The third-order valence-corrected chi connectivity index (χ3v) is 5.76. The van der Waals surface area contributed by atoms with Gasteiger partial charge < -0.3 is 14.4 Å². The fourth-order valence-electron chi connectivity index (χ4n) is 4.04. The third kappa shape index (κ3) is 5.54. The van der Waals surface area contributed by atoms with E-state index in [1.807, 2.05) is 0 Å². The standard InChI is InChI=1S/C28H23F3N2O5/c1-3-37-27(36)33(23-7-5-4-6-22(23)28(29,30)31)26-17(2)38-32-25(26)21-14-12-20(13-15-21)19-10-8-18(9-11-19)16-24(34)35/h4-15H,3,16H2,1-2H3,(H,34,35). The Morgan fingerprint density at radius 1 is 0.947 bits per heavy atom. The summed E-state index contributed by atoms with van der Waals surface area (Å²) in [5.74, 6) is -0.793. The van der Waals surface area contributed by atoms with Gasteiger partial charge in [0.1, 0.15) is 11.4 Å². The molecule has 1 aromatic heterocycles. The van der Waals surface area contributed by atoms with Crippen LogP contribution in [0.15, 0.2) is 77.3 Å². The Bertz CT molecular complexity index is 1440. The van der Waals surface area contributed by atoms with Crippen LogP contribution in [0.5, 0.6) is 0 Å². The normalized spacial score (nSPS) is 11.3. The van der Waals surface area contributed by atoms with Crippen LogP contribution in [0.3, 0.4) is 0 Å². The van der Waals surface area contributed by atoms with Crippen molar-refractivity contribution in [1.29, 1.82) is 0 Å². The molecule has 0 saturated carbocycles. The van der Waals surface area contributed by atoms with E-state index in [4.69, 9.17) is 14.4 Å². The van der Waals surface area contributed by atoms with Crippen molar-refractivity contribution in [2.24, 2.45) is 0 Å². The highest BCUT2D eigenvalue weighted by Crippen LogP contribution is 2.43. The zero-order chi connectivity index (χ0) is 27.4. The first kappa shape index (κ1) is 26.5. The Hall–Kier alpha value is -4.60. The van der Waals surface area contributed by atoms with Crippen molar-refractivity contribution in [3.63, 3.8) is 0 Å². The van der Waals surface area contributed by atoms with Crippen molar-refractivity contribution in [2.45, 2.75) is 26.4 Å². The van der Waals surface area contributed by atoms with Crippen LogP contribution in [0.4, 0.5) is 29.3 Å². The van der Waals surface area contributed by atoms with E-state index < -0.39 is 29.5 Å². The number of nitrogens with zero attached hydrogens (tertiary/aromatic N) is 2. The van der Waals surface area contributed by atoms with E-state index in [-0.39, 0.29) is 30.2 Å². The number of anilines is 2. The molecule has 0 radical (unpaired) electrons. The minimum Gasteiger partial charge on any atom is -0.481 e. The summed E-state index contributed by atoms with van der Waals surface area (Å²) in [4.78, 5) is 24.8. The summed E-state index contributed by atoms with van der Waals surface area (Å²) in [5.41, 5.74) is 1.60. The molecule has 1 N–H and O–H groups in total. The van der Waals surface area contributed by atoms with Gasteiger partial charge in [-0.25, -0.2) is 9.69 Å². The molecule has 1 amide bonds. The fraction of sp³-hybridized carbons (Fsp3) is 0.179. The van der Waals surface area contributed by atoms with Gasteiger partial charge in [0.25, 0.3) is 0 Å². The lowest BCUT2D eigenvalue weighted by Crippen LogP contribution is -2.29. The molecule has 3 aromatic carbocycles. The van der Waals surface area contributed by atoms with Gasteiger partial charge in [-0.05, 0) is 42.7 Å². The Labute approximate surface area is 216 Å². The number of halogens is 3. The largest absolute Gasteiger partial charge is 0.481 e. The first-order valence-corrected chi connectivity index (χ1v) is 11.6. The highest BCUT2D eigenvalue weighted by atomic mass is 19.4. The van der Waals surface area contributed by atoms with Crippen LogP contribution in [0, 0.1) is 6.92 Å². The molecule has 0 aliphatic heterocycles. The summed E-state index contributed by atoms with van der Waals surface area (Å²) in [6.45, 7) is 3.00. The molecule has 7 nitrogen and oxygen atoms in total. The van der Waals surface area contributed by atoms with Crippen LogP contribution in [0.2, 0.25) is 0 Å². The lowest BCUT2D eigenvalue weighted by Gasteiger charge is -2.25. The maximum absolute atomic E-state index is 13.9. The highest BCUT2D eigenvalue weighted by Gasteiger charge is 2.38. The number of hydrogen-bond acceptors (Lipinski definition) is 5. The van der Waals surface area contributed by atoms with E-state index in [0.717, 1.165) is 22.1 Å². The Morgan fingerprint density at radius 2 is 1.53 bits per heavy atom. The lowest BCUT2D eigenvalue weighted by atomic mass is 10.00. The maximum Gasteiger partial charge on any atom is 0.419 e. The van der Waals surface area contributed by atoms with E-state index >= 15 is 0 Å². The fourth-order valence-corrected chi connectivity index (χ4v) is 4.04. The molecule has 196 valence electrons. The molecule has 10 heteroatoms. The number of ether oxygens (including phenoxy) is 1. The second-order valence-corrected chi connectivity index (χ2v) is 8.33. The minimum absolute atomic E-state index is 0.0333. The zero-order valence-corrected chi connectivity index (χ0v) is 20.5. The van der Waals surface area contributed by atoms with E-state index in [2.05, 4.69) is 5.16 Å². The molecule has 4 aromatic rings. The van der Waals surface area contributed by atoms with E-state index in [1.54, 1.807) is 55.5 Å². The van der Waals surface area contributed by atoms with Crippen molar-refractivity contribution in [2.75, 3.05) is 11.5 Å². The van der Waals surface area contributed by atoms with Crippen molar-refractivity contribution in [1.82, 2.24) is 5.16 Å². The van der Waals surface area contributed by atoms with Gasteiger partial charge in [-0.15, -0.1) is 0 Å². The Morgan fingerprint density at radius 3 is 2.11 bits per heavy atom. The third-order valence-electron chi connectivity index (χ3n) is 5.76. The number of benzene rings is 3. The SMILES string of the molecule is CCOC(=O)N(c1ccccc1C(F)(F)F)c1c(-c2ccc(-c3ccc(CC(=O)O)cc3)cc2)noc1C. The predicted octanol–water partition coefficient (Wildman–Crippen LogP) is 7.26. The second-order valence-electron chi connectivity index (χ2n) is 8.33. The molecule has 0 saturated heterocycles. The number of alkyl halides is 3. The number of carboxylic acids is 1. The average Bonchev–Trinajstić information content (AvgIpc) is 3.25. The van der Waals surface area contributed by atoms with Crippen molar-refractivity contribution in [3.8, 4) is 22.4 Å². The molecule has 4 rings (SSSR count). The number of aryl methyl sites for hydroxylation is 1. The number of para-hydroxylation sites is 1. The number of hydrogen-bond donors (Lipinski definition) is 1. The van der Waals surface area contributed by atoms with Gasteiger partial charge in [0.15, 0.2) is 5.76 Å². The number of aromatic nitrogens is 1. The Balaban J connectivity index is 1.76. The number of amides is 1. The molecule has 38 heavy (non-hydrogen) atoms. The monoisotopic (exact) mass is 524 g/mol. The number of rotatable bonds is 7. The second kappa shape index (κ2) is 10.8. The van der Waals surface area contributed by atoms with Gasteiger partial charge in [0.05, 0.1) is 24.3 Å². The smallest absolute Gasteiger partial charge is 0.419 e. The van der Waals surface area contributed by atoms with Crippen LogP contribution in [-0.4, -0.2) is 28.9 Å². The average molecular weight is 524 g/mol. The molecule has 0 aliphatic rings. The van der Waals surface area contributed by atoms with Gasteiger partial charge >= 0.3 is 18.2 Å². The first-order valence-electron chi connectivity index (χ1n) is 11.6. The van der Waals surface area contributed by atoms with Gasteiger partial charge in [0, 0.05) is 5.56 Å². The van der Waals surface area contributed by atoms with Crippen molar-refractivity contribution in [3.05, 3.63) is 89.7 Å². The van der Waals surface area contributed by atoms with Gasteiger partial charge in [-0.1, -0.05) is 65.8 Å². The molecule has 0 bridgehead atoms. The van der Waals surface area contributed by atoms with Gasteiger partial charge in [-0.3, -0.25) is 4.79 Å². The van der Waals surface area contributed by atoms with Crippen LogP contribution >= 0.6 is 0 Å². The van der Waals surface area contributed by atoms with Crippen LogP contribution in [-0.2, 0) is 22.1 Å². The van der Waals surface area contributed by atoms with Gasteiger partial charge in [-0.2, -0.15) is 13.2 Å². The first-order chi connectivity index (χ1) is 18.1. The molecular formula is C28H23F3N2O5. The molecule has 0 atom stereocenters. The van der Waals surface area contributed by atoms with Crippen LogP contribution < -0.4 is 4.90 Å². The summed E-state index contributed by atoms with van der Waals surface area (Å²) in [6.07, 6.45) is -5.81. The quantitative estimate of drug-likeness (QED) is 0.274. The van der Waals surface area contributed by atoms with Crippen LogP contribution in [0.1, 0.15) is 23.8 Å². The van der Waals surface area contributed by atoms with E-state index in [0.29, 0.717) is 11.1 Å². The minimum atomic E-state index is -4.73. The number of carbonyl (C=O) groups is 2. The lowest BCUT2D eigenvalue weighted by molar-refractivity contribution is -0.137. The van der Waals surface area contributed by atoms with Crippen LogP contribution in [0.25, 0.3) is 22.4 Å². The predicted molar refractivity (Wildman–Crippen MR) is 134 cm³/mol. The molecule has 0 spiro atoms. The van der Waals surface area contributed by atoms with Crippen molar-refractivity contribution < 1.29 is 37.1 Å². The summed E-state index contributed by atoms with van der Waals surface area (Å²) >= 11 is 0. The highest BCUT2D eigenvalue weighted by molar-refractivity contribution is 6.01. The molecule has 0 aliphatic carbocycles. The maximum atomic E-state index is 13.9. The zero-order valence-electron chi connectivity index (χ0n) is 20.5. The summed E-state index contributed by atoms with van der Waals surface area (Å²) in [5, 5.41) is 13.0. The summed E-state index contributed by atoms with van der Waals surface area (Å²) in [6, 6.07) is 18.8. The number of aliphatic carboxylic acids is 1. The Kier molecular flexibility index (Phi) is 7.52. The molecular weight excluding hydrogens is 501 g/mol. The van der Waals surface area contributed by atoms with Gasteiger partial charge in [0.2, 0.25) is 0 Å². The summed E-state index contributed by atoms with van der Waals surface area (Å²) in [7, 11) is 0. The topological polar surface area (TPSA) is 92.9 Å². The summed E-state index contributed by atoms with van der Waals surface area (Å²) < 4.78 is 52.1.